The molecule has 1 amide bonds. The smallest absolute Gasteiger partial charge is 0.385 e. The van der Waals surface area contributed by atoms with Crippen LogP contribution in [0, 0.1) is 5.92 Å². The molecule has 2 fully saturated rings. The van der Waals surface area contributed by atoms with E-state index >= 15 is 0 Å². The molecule has 4 nitrogen and oxygen atoms in total. The first kappa shape index (κ1) is 24.4. The molecule has 0 spiro atoms. The van der Waals surface area contributed by atoms with Crippen molar-refractivity contribution in [2.24, 2.45) is 5.92 Å². The molecule has 2 aliphatic rings. The average molecular weight is 463 g/mol. The number of hydrogen-bond acceptors (Lipinski definition) is 3. The van der Waals surface area contributed by atoms with Gasteiger partial charge in [0.05, 0.1) is 11.1 Å². The van der Waals surface area contributed by atoms with E-state index in [2.05, 4.69) is 22.5 Å². The summed E-state index contributed by atoms with van der Waals surface area (Å²) in [5, 5.41) is 9.04. The van der Waals surface area contributed by atoms with E-state index in [0.29, 0.717) is 12.1 Å². The number of nitrogens with one attached hydrogen (secondary N) is 3. The molecule has 10 heteroatoms. The molecule has 3 N–H and O–H groups in total. The lowest BCUT2D eigenvalue weighted by Gasteiger charge is -2.31. The van der Waals surface area contributed by atoms with Crippen LogP contribution in [0.4, 0.5) is 32.0 Å². The summed E-state index contributed by atoms with van der Waals surface area (Å²) >= 11 is 0. The van der Waals surface area contributed by atoms with Crippen molar-refractivity contribution in [3.05, 3.63) is 41.6 Å². The third kappa shape index (κ3) is 6.63. The Balaban J connectivity index is 1.53. The second-order valence-corrected chi connectivity index (χ2v) is 8.58. The first-order valence-electron chi connectivity index (χ1n) is 10.7. The van der Waals surface area contributed by atoms with Crippen LogP contribution in [0.5, 0.6) is 0 Å². The Labute approximate surface area is 182 Å². The molecule has 178 valence electrons. The topological polar surface area (TPSA) is 53.2 Å². The van der Waals surface area contributed by atoms with E-state index in [4.69, 9.17) is 0 Å². The summed E-state index contributed by atoms with van der Waals surface area (Å²) in [6.07, 6.45) is -4.56. The molecule has 0 aromatic heterocycles. The highest BCUT2D eigenvalue weighted by Crippen LogP contribution is 2.37. The minimum absolute atomic E-state index is 0.0267. The van der Waals surface area contributed by atoms with Crippen molar-refractivity contribution in [3.8, 4) is 0 Å². The van der Waals surface area contributed by atoms with Gasteiger partial charge in [-0.25, -0.2) is 0 Å². The third-order valence-electron chi connectivity index (χ3n) is 6.06. The molecule has 1 aliphatic carbocycles. The van der Waals surface area contributed by atoms with E-state index < -0.39 is 35.1 Å². The second-order valence-electron chi connectivity index (χ2n) is 8.58. The molecular weight excluding hydrogens is 436 g/mol. The van der Waals surface area contributed by atoms with Crippen LogP contribution in [-0.4, -0.2) is 24.5 Å². The molecule has 0 bridgehead atoms. The van der Waals surface area contributed by atoms with Gasteiger partial charge in [-0.3, -0.25) is 4.79 Å². The molecule has 1 saturated heterocycles. The molecule has 1 saturated carbocycles. The van der Waals surface area contributed by atoms with Crippen molar-refractivity contribution in [2.45, 2.75) is 69.4 Å². The van der Waals surface area contributed by atoms with Gasteiger partial charge >= 0.3 is 12.4 Å². The number of rotatable bonds is 6. The maximum absolute atomic E-state index is 13.0. The monoisotopic (exact) mass is 463 g/mol. The van der Waals surface area contributed by atoms with Gasteiger partial charge in [0.25, 0.3) is 0 Å². The van der Waals surface area contributed by atoms with Crippen molar-refractivity contribution >= 4 is 11.6 Å². The number of anilines is 1. The number of carbonyl (C=O) groups excluding carboxylic acids is 1. The number of amides is 1. The molecule has 32 heavy (non-hydrogen) atoms. The standard InChI is InChI=1S/C22H27F6N3O/c1-13(19-3-2-8-29-19)30-17-6-4-14(5-7-17)9-20(32)31-18-11-15(21(23,24)25)10-16(12-18)22(26,27)28/h10-12,14,17,19,29-30H,1-9H2,(H,31,32)/t14-,17+,19-/m0/s1. The number of alkyl halides is 6. The molecule has 1 aromatic carbocycles. The summed E-state index contributed by atoms with van der Waals surface area (Å²) in [6, 6.07) is 1.61. The van der Waals surface area contributed by atoms with Gasteiger partial charge in [0.2, 0.25) is 5.91 Å². The molecule has 1 atom stereocenters. The summed E-state index contributed by atoms with van der Waals surface area (Å²) in [6.45, 7) is 5.07. The number of hydrogen-bond donors (Lipinski definition) is 3. The zero-order valence-electron chi connectivity index (χ0n) is 17.5. The van der Waals surface area contributed by atoms with Crippen LogP contribution in [0.1, 0.15) is 56.1 Å². The van der Waals surface area contributed by atoms with Gasteiger partial charge in [-0.15, -0.1) is 0 Å². The molecule has 1 aromatic rings. The van der Waals surface area contributed by atoms with Crippen molar-refractivity contribution in [3.63, 3.8) is 0 Å². The maximum Gasteiger partial charge on any atom is 0.416 e. The normalized spacial score (nSPS) is 24.2. The quantitative estimate of drug-likeness (QED) is 0.491. The van der Waals surface area contributed by atoms with Gasteiger partial charge in [-0.2, -0.15) is 26.3 Å². The highest BCUT2D eigenvalue weighted by atomic mass is 19.4. The molecule has 1 aliphatic heterocycles. The maximum atomic E-state index is 13.0. The first-order valence-corrected chi connectivity index (χ1v) is 10.7. The van der Waals surface area contributed by atoms with E-state index in [9.17, 15) is 31.1 Å². The molecule has 0 unspecified atom stereocenters. The van der Waals surface area contributed by atoms with Crippen LogP contribution in [0.2, 0.25) is 0 Å². The molecule has 0 radical (unpaired) electrons. The van der Waals surface area contributed by atoms with E-state index in [1.54, 1.807) is 0 Å². The van der Waals surface area contributed by atoms with E-state index in [1.165, 1.54) is 0 Å². The zero-order valence-corrected chi connectivity index (χ0v) is 17.5. The van der Waals surface area contributed by atoms with Crippen LogP contribution in [-0.2, 0) is 17.1 Å². The van der Waals surface area contributed by atoms with Gasteiger partial charge in [-0.05, 0) is 69.2 Å². The van der Waals surface area contributed by atoms with Crippen LogP contribution in [0.25, 0.3) is 0 Å². The van der Waals surface area contributed by atoms with Gasteiger partial charge in [0, 0.05) is 29.9 Å². The van der Waals surface area contributed by atoms with Gasteiger partial charge in [0.15, 0.2) is 0 Å². The Bertz CT molecular complexity index is 790. The lowest BCUT2D eigenvalue weighted by molar-refractivity contribution is -0.143. The second kappa shape index (κ2) is 9.72. The largest absolute Gasteiger partial charge is 0.416 e. The average Bonchev–Trinajstić information content (AvgIpc) is 3.23. The minimum atomic E-state index is -4.95. The number of carbonyl (C=O) groups is 1. The van der Waals surface area contributed by atoms with Crippen LogP contribution in [0.3, 0.4) is 0 Å². The molecular formula is C22H27F6N3O. The predicted octanol–water partition coefficient (Wildman–Crippen LogP) is 5.47. The van der Waals surface area contributed by atoms with E-state index in [-0.39, 0.29) is 30.5 Å². The zero-order chi connectivity index (χ0) is 23.5. The highest BCUT2D eigenvalue weighted by molar-refractivity contribution is 5.91. The summed E-state index contributed by atoms with van der Waals surface area (Å²) in [5.41, 5.74) is -2.45. The fourth-order valence-electron chi connectivity index (χ4n) is 4.36. The summed E-state index contributed by atoms with van der Waals surface area (Å²) in [5.74, 6) is -0.563. The lowest BCUT2D eigenvalue weighted by Crippen LogP contribution is -2.39. The van der Waals surface area contributed by atoms with E-state index in [0.717, 1.165) is 50.8 Å². The minimum Gasteiger partial charge on any atom is -0.385 e. The van der Waals surface area contributed by atoms with Crippen molar-refractivity contribution in [1.82, 2.24) is 10.6 Å². The Kier molecular flexibility index (Phi) is 7.42. The van der Waals surface area contributed by atoms with Gasteiger partial charge < -0.3 is 16.0 Å². The number of benzene rings is 1. The van der Waals surface area contributed by atoms with Crippen molar-refractivity contribution in [2.75, 3.05) is 11.9 Å². The Morgan fingerprint density at radius 2 is 1.56 bits per heavy atom. The fraction of sp³-hybridized carbons (Fsp3) is 0.591. The van der Waals surface area contributed by atoms with Crippen LogP contribution < -0.4 is 16.0 Å². The Morgan fingerprint density at radius 3 is 2.06 bits per heavy atom. The summed E-state index contributed by atoms with van der Waals surface area (Å²) in [7, 11) is 0. The predicted molar refractivity (Wildman–Crippen MR) is 109 cm³/mol. The lowest BCUT2D eigenvalue weighted by atomic mass is 9.83. The Morgan fingerprint density at radius 1 is 0.969 bits per heavy atom. The SMILES string of the molecule is C=C(N[C@H]1CC[C@@H](CC(=O)Nc2cc(C(F)(F)F)cc(C(F)(F)F)c2)CC1)[C@@H]1CCCN1. The van der Waals surface area contributed by atoms with Crippen LogP contribution in [0.15, 0.2) is 30.5 Å². The van der Waals surface area contributed by atoms with Gasteiger partial charge in [0.1, 0.15) is 0 Å². The fourth-order valence-corrected chi connectivity index (χ4v) is 4.36. The third-order valence-corrected chi connectivity index (χ3v) is 6.06. The van der Waals surface area contributed by atoms with Crippen molar-refractivity contribution < 1.29 is 31.1 Å². The Hall–Kier alpha value is -2.23. The molecule has 3 rings (SSSR count). The highest BCUT2D eigenvalue weighted by Gasteiger charge is 2.37. The summed E-state index contributed by atoms with van der Waals surface area (Å²) < 4.78 is 77.9. The molecule has 1 heterocycles. The van der Waals surface area contributed by atoms with Gasteiger partial charge in [-0.1, -0.05) is 6.58 Å². The van der Waals surface area contributed by atoms with Crippen molar-refractivity contribution in [1.29, 1.82) is 0 Å². The number of halogens is 6. The van der Waals surface area contributed by atoms with E-state index in [1.807, 2.05) is 0 Å². The first-order chi connectivity index (χ1) is 14.9. The van der Waals surface area contributed by atoms with Crippen LogP contribution >= 0.6 is 0 Å². The summed E-state index contributed by atoms with van der Waals surface area (Å²) in [4.78, 5) is 12.3.